The SMILES string of the molecule is Cl.NCCCCC1(c2ccc(Cl)c(F)c2)CCC1. The Morgan fingerprint density at radius 2 is 2.00 bits per heavy atom. The molecule has 4 heteroatoms. The Hall–Kier alpha value is -0.310. The first kappa shape index (κ1) is 15.7. The lowest BCUT2D eigenvalue weighted by Crippen LogP contribution is -2.34. The topological polar surface area (TPSA) is 26.0 Å². The Bertz CT molecular complexity index is 391. The van der Waals surface area contributed by atoms with Crippen molar-refractivity contribution < 1.29 is 4.39 Å². The summed E-state index contributed by atoms with van der Waals surface area (Å²) in [5.74, 6) is -0.297. The van der Waals surface area contributed by atoms with Gasteiger partial charge in [-0.15, -0.1) is 12.4 Å². The van der Waals surface area contributed by atoms with E-state index in [1.54, 1.807) is 12.1 Å². The molecule has 0 unspecified atom stereocenters. The van der Waals surface area contributed by atoms with Crippen molar-refractivity contribution in [3.63, 3.8) is 0 Å². The molecule has 0 atom stereocenters. The third-order valence-electron chi connectivity index (χ3n) is 3.95. The van der Waals surface area contributed by atoms with Crippen LogP contribution >= 0.6 is 24.0 Å². The standard InChI is InChI=1S/C14H19ClFN.ClH/c15-12-5-4-11(10-13(12)16)14(7-3-8-14)6-1-2-9-17;/h4-5,10H,1-3,6-9,17H2;1H. The zero-order valence-electron chi connectivity index (χ0n) is 10.4. The Labute approximate surface area is 119 Å². The average Bonchev–Trinajstić information content (AvgIpc) is 2.26. The van der Waals surface area contributed by atoms with Gasteiger partial charge in [-0.05, 0) is 55.3 Å². The highest BCUT2D eigenvalue weighted by atomic mass is 35.5. The van der Waals surface area contributed by atoms with E-state index in [-0.39, 0.29) is 28.7 Å². The van der Waals surface area contributed by atoms with Gasteiger partial charge in [0, 0.05) is 0 Å². The molecule has 1 fully saturated rings. The van der Waals surface area contributed by atoms with Gasteiger partial charge in [-0.2, -0.15) is 0 Å². The number of rotatable bonds is 5. The van der Waals surface area contributed by atoms with Crippen LogP contribution in [0, 0.1) is 5.82 Å². The minimum Gasteiger partial charge on any atom is -0.330 e. The van der Waals surface area contributed by atoms with E-state index in [0.717, 1.165) is 31.4 Å². The molecular weight excluding hydrogens is 272 g/mol. The first-order valence-corrected chi connectivity index (χ1v) is 6.71. The Balaban J connectivity index is 0.00000162. The van der Waals surface area contributed by atoms with E-state index in [0.29, 0.717) is 0 Å². The second kappa shape index (κ2) is 6.74. The molecule has 0 radical (unpaired) electrons. The smallest absolute Gasteiger partial charge is 0.142 e. The van der Waals surface area contributed by atoms with Crippen LogP contribution < -0.4 is 5.73 Å². The summed E-state index contributed by atoms with van der Waals surface area (Å²) >= 11 is 5.73. The molecule has 102 valence electrons. The molecule has 18 heavy (non-hydrogen) atoms. The lowest BCUT2D eigenvalue weighted by Gasteiger charge is -2.43. The molecule has 1 aliphatic rings. The van der Waals surface area contributed by atoms with Crippen LogP contribution in [-0.4, -0.2) is 6.54 Å². The van der Waals surface area contributed by atoms with Gasteiger partial charge in [0.25, 0.3) is 0 Å². The summed E-state index contributed by atoms with van der Waals surface area (Å²) in [5.41, 5.74) is 6.83. The maximum Gasteiger partial charge on any atom is 0.142 e. The Kier molecular flexibility index (Phi) is 5.90. The second-order valence-corrected chi connectivity index (χ2v) is 5.42. The van der Waals surface area contributed by atoms with Crippen LogP contribution in [0.4, 0.5) is 4.39 Å². The molecule has 0 aromatic heterocycles. The van der Waals surface area contributed by atoms with Gasteiger partial charge in [-0.3, -0.25) is 0 Å². The van der Waals surface area contributed by atoms with Crippen molar-refractivity contribution in [2.45, 2.75) is 43.9 Å². The minimum absolute atomic E-state index is 0. The van der Waals surface area contributed by atoms with E-state index in [1.807, 2.05) is 6.07 Å². The molecule has 0 heterocycles. The molecule has 0 aliphatic heterocycles. The summed E-state index contributed by atoms with van der Waals surface area (Å²) in [6, 6.07) is 5.27. The molecule has 2 rings (SSSR count). The number of halogens is 3. The van der Waals surface area contributed by atoms with Gasteiger partial charge in [0.1, 0.15) is 5.82 Å². The first-order valence-electron chi connectivity index (χ1n) is 6.33. The van der Waals surface area contributed by atoms with Crippen molar-refractivity contribution in [2.75, 3.05) is 6.54 Å². The van der Waals surface area contributed by atoms with Crippen LogP contribution in [0.25, 0.3) is 0 Å². The molecule has 0 bridgehead atoms. The predicted molar refractivity (Wildman–Crippen MR) is 77.1 cm³/mol. The summed E-state index contributed by atoms with van der Waals surface area (Å²) in [6.07, 6.45) is 6.87. The molecule has 0 amide bonds. The van der Waals surface area contributed by atoms with E-state index in [9.17, 15) is 4.39 Å². The molecule has 2 N–H and O–H groups in total. The number of unbranched alkanes of at least 4 members (excludes halogenated alkanes) is 1. The zero-order valence-corrected chi connectivity index (χ0v) is 12.0. The summed E-state index contributed by atoms with van der Waals surface area (Å²) in [5, 5.41) is 0.213. The quantitative estimate of drug-likeness (QED) is 0.797. The van der Waals surface area contributed by atoms with Crippen LogP contribution in [-0.2, 0) is 5.41 Å². The predicted octanol–water partition coefficient (Wildman–Crippen LogP) is 4.45. The van der Waals surface area contributed by atoms with Crippen LogP contribution in [0.1, 0.15) is 44.1 Å². The Morgan fingerprint density at radius 1 is 1.28 bits per heavy atom. The lowest BCUT2D eigenvalue weighted by atomic mass is 9.62. The van der Waals surface area contributed by atoms with Crippen molar-refractivity contribution in [1.82, 2.24) is 0 Å². The highest BCUT2D eigenvalue weighted by Crippen LogP contribution is 2.47. The number of benzene rings is 1. The molecule has 1 aromatic rings. The number of hydrogen-bond donors (Lipinski definition) is 1. The monoisotopic (exact) mass is 291 g/mol. The summed E-state index contributed by atoms with van der Waals surface area (Å²) in [4.78, 5) is 0. The molecule has 1 aliphatic carbocycles. The molecule has 0 spiro atoms. The normalized spacial score (nSPS) is 16.8. The van der Waals surface area contributed by atoms with Gasteiger partial charge in [-0.1, -0.05) is 30.5 Å². The van der Waals surface area contributed by atoms with Gasteiger partial charge in [0.15, 0.2) is 0 Å². The fourth-order valence-corrected chi connectivity index (χ4v) is 2.84. The second-order valence-electron chi connectivity index (χ2n) is 5.01. The van der Waals surface area contributed by atoms with Gasteiger partial charge >= 0.3 is 0 Å². The van der Waals surface area contributed by atoms with E-state index in [4.69, 9.17) is 17.3 Å². The maximum absolute atomic E-state index is 13.5. The summed E-state index contributed by atoms with van der Waals surface area (Å²) in [6.45, 7) is 0.741. The molecular formula is C14H20Cl2FN. The third kappa shape index (κ3) is 3.17. The van der Waals surface area contributed by atoms with E-state index < -0.39 is 0 Å². The number of nitrogens with two attached hydrogens (primary N) is 1. The van der Waals surface area contributed by atoms with Gasteiger partial charge in [0.2, 0.25) is 0 Å². The lowest BCUT2D eigenvalue weighted by molar-refractivity contribution is 0.219. The fraction of sp³-hybridized carbons (Fsp3) is 0.571. The maximum atomic E-state index is 13.5. The highest BCUT2D eigenvalue weighted by molar-refractivity contribution is 6.30. The van der Waals surface area contributed by atoms with Crippen LogP contribution in [0.5, 0.6) is 0 Å². The van der Waals surface area contributed by atoms with Gasteiger partial charge < -0.3 is 5.73 Å². The van der Waals surface area contributed by atoms with Crippen LogP contribution in [0.2, 0.25) is 5.02 Å². The first-order chi connectivity index (χ1) is 8.18. The average molecular weight is 292 g/mol. The number of hydrogen-bond acceptors (Lipinski definition) is 1. The van der Waals surface area contributed by atoms with E-state index in [2.05, 4.69) is 0 Å². The van der Waals surface area contributed by atoms with Crippen molar-refractivity contribution in [2.24, 2.45) is 5.73 Å². The summed E-state index contributed by atoms with van der Waals surface area (Å²) < 4.78 is 13.5. The van der Waals surface area contributed by atoms with Crippen molar-refractivity contribution >= 4 is 24.0 Å². The van der Waals surface area contributed by atoms with Crippen LogP contribution in [0.3, 0.4) is 0 Å². The largest absolute Gasteiger partial charge is 0.330 e. The van der Waals surface area contributed by atoms with Crippen molar-refractivity contribution in [3.05, 3.63) is 34.6 Å². The zero-order chi connectivity index (χ0) is 12.3. The summed E-state index contributed by atoms with van der Waals surface area (Å²) in [7, 11) is 0. The van der Waals surface area contributed by atoms with Crippen molar-refractivity contribution in [3.8, 4) is 0 Å². The van der Waals surface area contributed by atoms with E-state index in [1.165, 1.54) is 19.3 Å². The molecule has 1 aromatic carbocycles. The minimum atomic E-state index is -0.297. The van der Waals surface area contributed by atoms with E-state index >= 15 is 0 Å². The highest BCUT2D eigenvalue weighted by Gasteiger charge is 2.38. The van der Waals surface area contributed by atoms with Crippen molar-refractivity contribution in [1.29, 1.82) is 0 Å². The molecule has 0 saturated heterocycles. The molecule has 1 nitrogen and oxygen atoms in total. The van der Waals surface area contributed by atoms with Gasteiger partial charge in [0.05, 0.1) is 5.02 Å². The third-order valence-corrected chi connectivity index (χ3v) is 4.26. The Morgan fingerprint density at radius 3 is 2.50 bits per heavy atom. The molecule has 1 saturated carbocycles. The fourth-order valence-electron chi connectivity index (χ4n) is 2.72. The van der Waals surface area contributed by atoms with Gasteiger partial charge in [-0.25, -0.2) is 4.39 Å². The van der Waals surface area contributed by atoms with Crippen LogP contribution in [0.15, 0.2) is 18.2 Å².